The second kappa shape index (κ2) is 7.15. The summed E-state index contributed by atoms with van der Waals surface area (Å²) in [6.07, 6.45) is 4.06. The predicted molar refractivity (Wildman–Crippen MR) is 104 cm³/mol. The molecule has 0 spiro atoms. The Balaban J connectivity index is 2.39. The summed E-state index contributed by atoms with van der Waals surface area (Å²) >= 11 is 0. The van der Waals surface area contributed by atoms with Crippen LogP contribution < -0.4 is 11.2 Å². The minimum atomic E-state index is -0.346. The van der Waals surface area contributed by atoms with Crippen LogP contribution in [0.2, 0.25) is 0 Å². The standard InChI is InChI=1S/C20H24N4O2/c1-5-11-22-13-21-18-17(22)19(25)23(12-10-14(2)3)20(26)24(18)16-9-7-6-8-15(16)4/h5-9,13-14H,1,10-12H2,2-4H3. The van der Waals surface area contributed by atoms with Crippen molar-refractivity contribution in [3.63, 3.8) is 0 Å². The van der Waals surface area contributed by atoms with E-state index in [9.17, 15) is 9.59 Å². The number of hydrogen-bond acceptors (Lipinski definition) is 3. The van der Waals surface area contributed by atoms with Crippen molar-refractivity contribution in [2.24, 2.45) is 5.92 Å². The molecule has 0 atom stereocenters. The van der Waals surface area contributed by atoms with Gasteiger partial charge in [0.05, 0.1) is 12.0 Å². The van der Waals surface area contributed by atoms with E-state index in [0.717, 1.165) is 17.7 Å². The summed E-state index contributed by atoms with van der Waals surface area (Å²) < 4.78 is 4.62. The summed E-state index contributed by atoms with van der Waals surface area (Å²) in [5.74, 6) is 0.391. The van der Waals surface area contributed by atoms with Gasteiger partial charge in [0.1, 0.15) is 0 Å². The number of rotatable bonds is 6. The fourth-order valence-electron chi connectivity index (χ4n) is 3.07. The molecule has 3 rings (SSSR count). The first kappa shape index (κ1) is 17.9. The molecule has 0 radical (unpaired) electrons. The van der Waals surface area contributed by atoms with Crippen molar-refractivity contribution in [1.82, 2.24) is 18.7 Å². The van der Waals surface area contributed by atoms with E-state index < -0.39 is 0 Å². The van der Waals surface area contributed by atoms with Gasteiger partial charge in [0.15, 0.2) is 11.2 Å². The van der Waals surface area contributed by atoms with Crippen LogP contribution in [0.5, 0.6) is 0 Å². The number of aromatic nitrogens is 4. The van der Waals surface area contributed by atoms with E-state index in [1.165, 1.54) is 4.57 Å². The molecule has 1 aromatic carbocycles. The molecule has 0 aliphatic carbocycles. The third-order valence-electron chi connectivity index (χ3n) is 4.51. The number of para-hydroxylation sites is 1. The van der Waals surface area contributed by atoms with Crippen LogP contribution in [0, 0.1) is 12.8 Å². The minimum Gasteiger partial charge on any atom is -0.321 e. The van der Waals surface area contributed by atoms with Gasteiger partial charge >= 0.3 is 5.69 Å². The third-order valence-corrected chi connectivity index (χ3v) is 4.51. The van der Waals surface area contributed by atoms with Crippen LogP contribution in [0.4, 0.5) is 0 Å². The van der Waals surface area contributed by atoms with Crippen LogP contribution in [0.3, 0.4) is 0 Å². The topological polar surface area (TPSA) is 61.8 Å². The maximum absolute atomic E-state index is 13.2. The summed E-state index contributed by atoms with van der Waals surface area (Å²) in [4.78, 5) is 30.6. The van der Waals surface area contributed by atoms with Gasteiger partial charge in [0.25, 0.3) is 5.56 Å². The van der Waals surface area contributed by atoms with Crippen LogP contribution >= 0.6 is 0 Å². The van der Waals surface area contributed by atoms with E-state index >= 15 is 0 Å². The average molecular weight is 352 g/mol. The maximum Gasteiger partial charge on any atom is 0.337 e. The van der Waals surface area contributed by atoms with Gasteiger partial charge in [0, 0.05) is 13.1 Å². The average Bonchev–Trinajstić information content (AvgIpc) is 3.00. The van der Waals surface area contributed by atoms with E-state index in [-0.39, 0.29) is 11.2 Å². The second-order valence-electron chi connectivity index (χ2n) is 6.90. The molecular weight excluding hydrogens is 328 g/mol. The zero-order valence-electron chi connectivity index (χ0n) is 15.5. The minimum absolute atomic E-state index is 0.296. The molecule has 3 aromatic rings. The molecule has 6 nitrogen and oxygen atoms in total. The zero-order valence-corrected chi connectivity index (χ0v) is 15.5. The quantitative estimate of drug-likeness (QED) is 0.641. The Morgan fingerprint density at radius 1 is 1.23 bits per heavy atom. The lowest BCUT2D eigenvalue weighted by Crippen LogP contribution is -2.40. The van der Waals surface area contributed by atoms with E-state index in [2.05, 4.69) is 25.4 Å². The Morgan fingerprint density at radius 2 is 1.96 bits per heavy atom. The van der Waals surface area contributed by atoms with Crippen molar-refractivity contribution in [2.45, 2.75) is 40.3 Å². The Kier molecular flexibility index (Phi) is 4.93. The normalized spacial score (nSPS) is 11.4. The van der Waals surface area contributed by atoms with Crippen molar-refractivity contribution in [1.29, 1.82) is 0 Å². The Bertz CT molecular complexity index is 1070. The van der Waals surface area contributed by atoms with Gasteiger partial charge in [-0.15, -0.1) is 6.58 Å². The Morgan fingerprint density at radius 3 is 2.62 bits per heavy atom. The van der Waals surface area contributed by atoms with Crippen molar-refractivity contribution in [3.8, 4) is 5.69 Å². The van der Waals surface area contributed by atoms with Gasteiger partial charge in [-0.25, -0.2) is 14.3 Å². The van der Waals surface area contributed by atoms with Gasteiger partial charge in [0.2, 0.25) is 0 Å². The second-order valence-corrected chi connectivity index (χ2v) is 6.90. The number of aryl methyl sites for hydroxylation is 1. The van der Waals surface area contributed by atoms with Crippen LogP contribution in [-0.2, 0) is 13.1 Å². The van der Waals surface area contributed by atoms with Gasteiger partial charge in [-0.1, -0.05) is 38.1 Å². The fourth-order valence-corrected chi connectivity index (χ4v) is 3.07. The van der Waals surface area contributed by atoms with Crippen molar-refractivity contribution in [3.05, 3.63) is 69.6 Å². The molecule has 26 heavy (non-hydrogen) atoms. The highest BCUT2D eigenvalue weighted by Gasteiger charge is 2.19. The molecule has 2 aromatic heterocycles. The van der Waals surface area contributed by atoms with Gasteiger partial charge in [-0.3, -0.25) is 9.36 Å². The molecule has 6 heteroatoms. The van der Waals surface area contributed by atoms with E-state index in [1.807, 2.05) is 31.2 Å². The lowest BCUT2D eigenvalue weighted by molar-refractivity contribution is 0.491. The summed E-state index contributed by atoms with van der Waals surface area (Å²) in [6.45, 7) is 10.7. The number of nitrogens with zero attached hydrogens (tertiary/aromatic N) is 4. The summed E-state index contributed by atoms with van der Waals surface area (Å²) in [6, 6.07) is 7.62. The van der Waals surface area contributed by atoms with Crippen molar-refractivity contribution < 1.29 is 0 Å². The summed E-state index contributed by atoms with van der Waals surface area (Å²) in [5, 5.41) is 0. The first-order chi connectivity index (χ1) is 12.5. The Labute approximate surface area is 152 Å². The first-order valence-electron chi connectivity index (χ1n) is 8.83. The highest BCUT2D eigenvalue weighted by molar-refractivity contribution is 5.72. The number of imidazole rings is 1. The monoisotopic (exact) mass is 352 g/mol. The van der Waals surface area contributed by atoms with Gasteiger partial charge in [-0.05, 0) is 30.9 Å². The van der Waals surface area contributed by atoms with E-state index in [0.29, 0.717) is 30.2 Å². The molecule has 0 N–H and O–H groups in total. The first-order valence-corrected chi connectivity index (χ1v) is 8.83. The molecule has 0 aliphatic heterocycles. The zero-order chi connectivity index (χ0) is 18.8. The maximum atomic E-state index is 13.2. The van der Waals surface area contributed by atoms with Crippen LogP contribution in [0.15, 0.2) is 52.8 Å². The van der Waals surface area contributed by atoms with E-state index in [1.54, 1.807) is 21.5 Å². The highest BCUT2D eigenvalue weighted by Crippen LogP contribution is 2.16. The molecule has 0 amide bonds. The number of hydrogen-bond donors (Lipinski definition) is 0. The summed E-state index contributed by atoms with van der Waals surface area (Å²) in [7, 11) is 0. The van der Waals surface area contributed by atoms with Gasteiger partial charge < -0.3 is 4.57 Å². The fraction of sp³-hybridized carbons (Fsp3) is 0.350. The smallest absolute Gasteiger partial charge is 0.321 e. The SMILES string of the molecule is C=CCn1cnc2c1c(=O)n(CCC(C)C)c(=O)n2-c1ccccc1C. The van der Waals surface area contributed by atoms with Gasteiger partial charge in [-0.2, -0.15) is 0 Å². The van der Waals surface area contributed by atoms with E-state index in [4.69, 9.17) is 0 Å². The molecule has 0 saturated heterocycles. The van der Waals surface area contributed by atoms with Crippen molar-refractivity contribution >= 4 is 11.2 Å². The highest BCUT2D eigenvalue weighted by atomic mass is 16.2. The molecule has 136 valence electrons. The molecular formula is C20H24N4O2. The molecule has 0 fully saturated rings. The van der Waals surface area contributed by atoms with Crippen LogP contribution in [-0.4, -0.2) is 18.7 Å². The Hall–Kier alpha value is -2.89. The lowest BCUT2D eigenvalue weighted by atomic mass is 10.1. The molecule has 0 bridgehead atoms. The molecule has 2 heterocycles. The van der Waals surface area contributed by atoms with Crippen LogP contribution in [0.1, 0.15) is 25.8 Å². The predicted octanol–water partition coefficient (Wildman–Crippen LogP) is 2.89. The molecule has 0 saturated carbocycles. The number of fused-ring (bicyclic) bond motifs is 1. The van der Waals surface area contributed by atoms with Crippen LogP contribution in [0.25, 0.3) is 16.9 Å². The third kappa shape index (κ3) is 3.03. The summed E-state index contributed by atoms with van der Waals surface area (Å²) in [5.41, 5.74) is 1.86. The molecule has 0 unspecified atom stereocenters. The van der Waals surface area contributed by atoms with Crippen molar-refractivity contribution in [2.75, 3.05) is 0 Å². The lowest BCUT2D eigenvalue weighted by Gasteiger charge is -2.14. The number of benzene rings is 1. The largest absolute Gasteiger partial charge is 0.337 e. The number of allylic oxidation sites excluding steroid dienone is 1. The molecule has 0 aliphatic rings.